The number of aliphatic carboxylic acids is 1. The number of hydrogen-bond acceptors (Lipinski definition) is 6. The number of nitrogens with one attached hydrogen (secondary N) is 2. The van der Waals surface area contributed by atoms with Gasteiger partial charge in [0.2, 0.25) is 5.91 Å². The number of hydrogen-bond donors (Lipinski definition) is 3. The van der Waals surface area contributed by atoms with Crippen LogP contribution in [0.4, 0.5) is 11.4 Å². The topological polar surface area (TPSA) is 138 Å². The van der Waals surface area contributed by atoms with Crippen molar-refractivity contribution in [1.82, 2.24) is 9.97 Å². The molecule has 1 fully saturated rings. The van der Waals surface area contributed by atoms with Crippen molar-refractivity contribution in [3.8, 4) is 0 Å². The summed E-state index contributed by atoms with van der Waals surface area (Å²) in [6.07, 6.45) is 13.4. The van der Waals surface area contributed by atoms with Crippen LogP contribution < -0.4 is 10.0 Å². The van der Waals surface area contributed by atoms with E-state index in [1.54, 1.807) is 42.6 Å². The molecular weight excluding hydrogens is 504 g/mol. The van der Waals surface area contributed by atoms with Crippen molar-refractivity contribution < 1.29 is 23.1 Å². The number of anilines is 2. The van der Waals surface area contributed by atoms with Gasteiger partial charge in [0, 0.05) is 18.5 Å². The number of amides is 1. The second kappa shape index (κ2) is 11.6. The molecule has 0 atom stereocenters. The molecule has 198 valence electrons. The zero-order valence-electron chi connectivity index (χ0n) is 21.1. The maximum Gasteiger partial charge on any atom is 0.328 e. The summed E-state index contributed by atoms with van der Waals surface area (Å²) < 4.78 is 28.3. The largest absolute Gasteiger partial charge is 0.478 e. The number of nitrogens with zero attached hydrogens (tertiary/aromatic N) is 2. The van der Waals surface area contributed by atoms with Crippen LogP contribution in [0.3, 0.4) is 0 Å². The average molecular weight is 535 g/mol. The van der Waals surface area contributed by atoms with Crippen molar-refractivity contribution in [2.45, 2.75) is 50.3 Å². The summed E-state index contributed by atoms with van der Waals surface area (Å²) in [5.41, 5.74) is 2.52. The van der Waals surface area contributed by atoms with Crippen LogP contribution in [0.2, 0.25) is 0 Å². The molecule has 1 amide bonds. The van der Waals surface area contributed by atoms with Gasteiger partial charge in [-0.1, -0.05) is 31.4 Å². The Morgan fingerprint density at radius 3 is 2.34 bits per heavy atom. The van der Waals surface area contributed by atoms with E-state index >= 15 is 0 Å². The third kappa shape index (κ3) is 6.83. The molecular formula is C28H30N4O5S. The Labute approximate surface area is 222 Å². The van der Waals surface area contributed by atoms with Crippen molar-refractivity contribution >= 4 is 39.4 Å². The first-order valence-electron chi connectivity index (χ1n) is 12.4. The van der Waals surface area contributed by atoms with Crippen LogP contribution in [-0.2, 0) is 26.0 Å². The molecule has 0 spiro atoms. The quantitative estimate of drug-likeness (QED) is 0.335. The molecule has 0 aliphatic heterocycles. The number of carbonyl (C=O) groups is 2. The minimum Gasteiger partial charge on any atom is -0.478 e. The fourth-order valence-corrected chi connectivity index (χ4v) is 5.80. The summed E-state index contributed by atoms with van der Waals surface area (Å²) in [7, 11) is -3.78. The van der Waals surface area contributed by atoms with Crippen LogP contribution in [0.1, 0.15) is 48.8 Å². The molecule has 3 aromatic rings. The predicted molar refractivity (Wildman–Crippen MR) is 145 cm³/mol. The van der Waals surface area contributed by atoms with Gasteiger partial charge in [0.25, 0.3) is 10.0 Å². The molecule has 1 aliphatic rings. The maximum absolute atomic E-state index is 13.6. The van der Waals surface area contributed by atoms with Crippen LogP contribution in [-0.4, -0.2) is 35.4 Å². The fourth-order valence-electron chi connectivity index (χ4n) is 4.76. The Kier molecular flexibility index (Phi) is 8.21. The summed E-state index contributed by atoms with van der Waals surface area (Å²) in [6, 6.07) is 10.0. The lowest BCUT2D eigenvalue weighted by Crippen LogP contribution is -2.40. The molecule has 0 saturated heterocycles. The van der Waals surface area contributed by atoms with Gasteiger partial charge in [0.1, 0.15) is 0 Å². The molecule has 2 heterocycles. The third-order valence-electron chi connectivity index (χ3n) is 6.63. The van der Waals surface area contributed by atoms with E-state index in [4.69, 9.17) is 5.11 Å². The van der Waals surface area contributed by atoms with E-state index in [9.17, 15) is 18.0 Å². The third-order valence-corrected chi connectivity index (χ3v) is 8.03. The Hall–Kier alpha value is -4.05. The van der Waals surface area contributed by atoms with Crippen molar-refractivity contribution in [3.05, 3.63) is 84.0 Å². The Bertz CT molecular complexity index is 1450. The molecule has 1 aliphatic carbocycles. The number of benzene rings is 1. The van der Waals surface area contributed by atoms with Gasteiger partial charge in [-0.2, -0.15) is 0 Å². The van der Waals surface area contributed by atoms with E-state index in [1.165, 1.54) is 24.7 Å². The summed E-state index contributed by atoms with van der Waals surface area (Å²) in [4.78, 5) is 32.6. The van der Waals surface area contributed by atoms with Crippen molar-refractivity contribution in [2.24, 2.45) is 5.41 Å². The van der Waals surface area contributed by atoms with E-state index in [2.05, 4.69) is 20.0 Å². The normalized spacial score (nSPS) is 15.2. The summed E-state index contributed by atoms with van der Waals surface area (Å²) in [5, 5.41) is 11.8. The van der Waals surface area contributed by atoms with E-state index in [-0.39, 0.29) is 10.8 Å². The van der Waals surface area contributed by atoms with Gasteiger partial charge in [-0.05, 0) is 73.2 Å². The van der Waals surface area contributed by atoms with Crippen molar-refractivity contribution in [2.75, 3.05) is 10.0 Å². The monoisotopic (exact) mass is 534 g/mol. The second-order valence-corrected chi connectivity index (χ2v) is 11.3. The molecule has 10 heteroatoms. The zero-order valence-corrected chi connectivity index (χ0v) is 21.9. The Balaban J connectivity index is 1.50. The van der Waals surface area contributed by atoms with Crippen LogP contribution in [0, 0.1) is 12.3 Å². The first-order chi connectivity index (χ1) is 18.1. The predicted octanol–water partition coefficient (Wildman–Crippen LogP) is 4.82. The van der Waals surface area contributed by atoms with Crippen LogP contribution >= 0.6 is 0 Å². The van der Waals surface area contributed by atoms with Gasteiger partial charge < -0.3 is 10.4 Å². The van der Waals surface area contributed by atoms with Gasteiger partial charge in [0.15, 0.2) is 0 Å². The van der Waals surface area contributed by atoms with E-state index in [1.807, 2.05) is 6.92 Å². The highest BCUT2D eigenvalue weighted by atomic mass is 32.2. The lowest BCUT2D eigenvalue weighted by molar-refractivity contribution is -0.131. The van der Waals surface area contributed by atoms with E-state index in [0.29, 0.717) is 36.2 Å². The molecule has 0 bridgehead atoms. The molecule has 3 N–H and O–H groups in total. The highest BCUT2D eigenvalue weighted by Crippen LogP contribution is 2.40. The van der Waals surface area contributed by atoms with Crippen LogP contribution in [0.5, 0.6) is 0 Å². The molecule has 9 nitrogen and oxygen atoms in total. The lowest BCUT2D eigenvalue weighted by atomic mass is 9.69. The second-order valence-electron chi connectivity index (χ2n) is 9.65. The molecule has 0 radical (unpaired) electrons. The fraction of sp³-hybridized carbons (Fsp3) is 0.286. The van der Waals surface area contributed by atoms with Gasteiger partial charge in [0.05, 0.1) is 34.1 Å². The SMILES string of the molecule is Cc1cncc(NS(=O)(=O)c2ccc(CC3(C(=O)Nc4cncc(/C=C/C(=O)O)c4)CCCCC3)cc2)c1. The van der Waals surface area contributed by atoms with Gasteiger partial charge in [-0.3, -0.25) is 19.5 Å². The van der Waals surface area contributed by atoms with Crippen LogP contribution in [0.15, 0.2) is 72.2 Å². The number of carboxylic acids is 1. The van der Waals surface area contributed by atoms with Crippen molar-refractivity contribution in [3.63, 3.8) is 0 Å². The van der Waals surface area contributed by atoms with Crippen molar-refractivity contribution in [1.29, 1.82) is 0 Å². The number of carboxylic acid groups (broad SMARTS) is 1. The highest BCUT2D eigenvalue weighted by Gasteiger charge is 2.39. The number of pyridine rings is 2. The van der Waals surface area contributed by atoms with Gasteiger partial charge in [-0.25, -0.2) is 13.2 Å². The number of carbonyl (C=O) groups excluding carboxylic acids is 1. The highest BCUT2D eigenvalue weighted by molar-refractivity contribution is 7.92. The van der Waals surface area contributed by atoms with Crippen LogP contribution in [0.25, 0.3) is 6.08 Å². The maximum atomic E-state index is 13.6. The number of rotatable bonds is 9. The summed E-state index contributed by atoms with van der Waals surface area (Å²) >= 11 is 0. The van der Waals surface area contributed by atoms with Gasteiger partial charge >= 0.3 is 5.97 Å². The molecule has 1 saturated carbocycles. The first kappa shape index (κ1) is 27.0. The summed E-state index contributed by atoms with van der Waals surface area (Å²) in [6.45, 7) is 1.83. The van der Waals surface area contributed by atoms with E-state index < -0.39 is 21.4 Å². The summed E-state index contributed by atoms with van der Waals surface area (Å²) in [5.74, 6) is -1.19. The Morgan fingerprint density at radius 1 is 0.974 bits per heavy atom. The molecule has 0 unspecified atom stereocenters. The lowest BCUT2D eigenvalue weighted by Gasteiger charge is -2.36. The zero-order chi connectivity index (χ0) is 27.2. The van der Waals surface area contributed by atoms with E-state index in [0.717, 1.165) is 36.5 Å². The minimum atomic E-state index is -3.78. The minimum absolute atomic E-state index is 0.122. The Morgan fingerprint density at radius 2 is 1.66 bits per heavy atom. The standard InChI is InChI=1S/C28H30N4O5S/c1-20-13-24(19-29-16-20)32-38(36,37)25-8-5-21(6-9-25)15-28(11-3-2-4-12-28)27(35)31-23-14-22(17-30-18-23)7-10-26(33)34/h5-10,13-14,16-19,32H,2-4,11-12,15H2,1H3,(H,31,35)(H,33,34)/b10-7+. The average Bonchev–Trinajstić information content (AvgIpc) is 2.88. The molecule has 1 aromatic carbocycles. The smallest absolute Gasteiger partial charge is 0.328 e. The number of aromatic nitrogens is 2. The number of aryl methyl sites for hydroxylation is 1. The van der Waals surface area contributed by atoms with Gasteiger partial charge in [-0.15, -0.1) is 0 Å². The molecule has 38 heavy (non-hydrogen) atoms. The molecule has 4 rings (SSSR count). The molecule has 2 aromatic heterocycles. The first-order valence-corrected chi connectivity index (χ1v) is 13.8. The number of sulfonamides is 1.